The van der Waals surface area contributed by atoms with E-state index in [1.807, 2.05) is 13.8 Å². The third-order valence-corrected chi connectivity index (χ3v) is 10.1. The second kappa shape index (κ2) is 12.2. The molecular weight excluding hydrogens is 476 g/mol. The number of hydrogen-bond donors (Lipinski definition) is 1. The fourth-order valence-corrected chi connectivity index (χ4v) is 8.92. The molecule has 0 aromatic rings. The maximum Gasteiger partial charge on any atom is 0.310 e. The molecule has 3 heterocycles. The van der Waals surface area contributed by atoms with E-state index in [0.717, 1.165) is 19.3 Å². The van der Waals surface area contributed by atoms with Crippen LogP contribution in [-0.2, 0) is 19.1 Å². The van der Waals surface area contributed by atoms with Gasteiger partial charge in [-0.15, -0.1) is 24.9 Å². The minimum absolute atomic E-state index is 0.0520. The first-order chi connectivity index (χ1) is 17.2. The molecule has 8 heteroatoms. The number of thioether (sulfide) groups is 1. The molecule has 3 rings (SSSR count). The first kappa shape index (κ1) is 28.8. The summed E-state index contributed by atoms with van der Waals surface area (Å²) in [6.45, 7) is 16.8. The van der Waals surface area contributed by atoms with Gasteiger partial charge in [-0.2, -0.15) is 0 Å². The van der Waals surface area contributed by atoms with Gasteiger partial charge in [-0.1, -0.05) is 46.3 Å². The van der Waals surface area contributed by atoms with Gasteiger partial charge in [-0.25, -0.2) is 0 Å². The first-order valence-electron chi connectivity index (χ1n) is 13.5. The van der Waals surface area contributed by atoms with Crippen molar-refractivity contribution in [3.8, 4) is 0 Å². The summed E-state index contributed by atoms with van der Waals surface area (Å²) in [6.07, 6.45) is 7.13. The molecular formula is C28H44N2O5S. The molecule has 0 radical (unpaired) electrons. The van der Waals surface area contributed by atoms with E-state index in [4.69, 9.17) is 4.74 Å². The molecule has 36 heavy (non-hydrogen) atoms. The average Bonchev–Trinajstić information content (AvgIpc) is 3.43. The summed E-state index contributed by atoms with van der Waals surface area (Å²) in [6, 6.07) is -1.20. The SMILES string of the molecule is C=CCCOC(=O)[C@@H]1[C@@H]2CC(C)C3(S2)C(C(=O)N(CC=C)CCCC)N([C@@H](CO)CC(C)C)C(=O)[C@H]13. The number of ether oxygens (including phenoxy) is 1. The Bertz CT molecular complexity index is 848. The average molecular weight is 521 g/mol. The lowest BCUT2D eigenvalue weighted by molar-refractivity contribution is -0.155. The van der Waals surface area contributed by atoms with Crippen LogP contribution in [0.3, 0.4) is 0 Å². The number of hydrogen-bond acceptors (Lipinski definition) is 6. The molecule has 0 aliphatic carbocycles. The summed E-state index contributed by atoms with van der Waals surface area (Å²) < 4.78 is 4.87. The zero-order valence-corrected chi connectivity index (χ0v) is 23.2. The van der Waals surface area contributed by atoms with E-state index in [0.29, 0.717) is 25.9 Å². The van der Waals surface area contributed by atoms with Crippen molar-refractivity contribution in [2.24, 2.45) is 23.7 Å². The molecule has 3 unspecified atom stereocenters. The fourth-order valence-electron chi connectivity index (χ4n) is 6.53. The molecule has 7 atom stereocenters. The number of carbonyl (C=O) groups is 3. The molecule has 0 aromatic carbocycles. The quantitative estimate of drug-likeness (QED) is 0.214. The van der Waals surface area contributed by atoms with Crippen LogP contribution >= 0.6 is 11.8 Å². The maximum atomic E-state index is 14.3. The number of fused-ring (bicyclic) bond motifs is 1. The Morgan fingerprint density at radius 2 is 2.06 bits per heavy atom. The lowest BCUT2D eigenvalue weighted by atomic mass is 9.66. The molecule has 7 nitrogen and oxygen atoms in total. The van der Waals surface area contributed by atoms with E-state index >= 15 is 0 Å². The van der Waals surface area contributed by atoms with Gasteiger partial charge in [-0.05, 0) is 37.5 Å². The molecule has 3 fully saturated rings. The van der Waals surface area contributed by atoms with Gasteiger partial charge in [0.2, 0.25) is 11.8 Å². The number of carbonyl (C=O) groups excluding carboxylic acids is 3. The lowest BCUT2D eigenvalue weighted by Gasteiger charge is -2.42. The third kappa shape index (κ3) is 5.00. The zero-order chi connectivity index (χ0) is 26.6. The summed E-state index contributed by atoms with van der Waals surface area (Å²) in [4.78, 5) is 45.3. The van der Waals surface area contributed by atoms with E-state index in [9.17, 15) is 19.5 Å². The van der Waals surface area contributed by atoms with Crippen molar-refractivity contribution in [2.45, 2.75) is 81.9 Å². The lowest BCUT2D eigenvalue weighted by Crippen LogP contribution is -2.59. The van der Waals surface area contributed by atoms with Crippen molar-refractivity contribution in [3.05, 3.63) is 25.3 Å². The standard InChI is InChI=1S/C28H44N2O5S/c1-7-10-13-29(12-9-3)26(33)24-28-19(6)16-21(36-28)22(27(34)35-14-11-8-2)23(28)25(32)30(24)20(17-31)15-18(4)5/h8-9,18-24,31H,2-3,7,10-17H2,1,4-6H3/t19?,20-,21+,22-,23+,24?,28?/m1/s1. The summed E-state index contributed by atoms with van der Waals surface area (Å²) in [5.41, 5.74) is 0. The van der Waals surface area contributed by atoms with Gasteiger partial charge in [-0.3, -0.25) is 14.4 Å². The van der Waals surface area contributed by atoms with Gasteiger partial charge < -0.3 is 19.6 Å². The minimum Gasteiger partial charge on any atom is -0.465 e. The van der Waals surface area contributed by atoms with Crippen molar-refractivity contribution >= 4 is 29.5 Å². The Balaban J connectivity index is 2.08. The Labute approximate surface area is 220 Å². The first-order valence-corrected chi connectivity index (χ1v) is 14.3. The highest BCUT2D eigenvalue weighted by Gasteiger charge is 2.77. The van der Waals surface area contributed by atoms with Crippen LogP contribution in [0.15, 0.2) is 25.3 Å². The molecule has 1 spiro atoms. The van der Waals surface area contributed by atoms with Crippen molar-refractivity contribution in [2.75, 3.05) is 26.3 Å². The molecule has 2 amide bonds. The van der Waals surface area contributed by atoms with Crippen molar-refractivity contribution < 1.29 is 24.2 Å². The summed E-state index contributed by atoms with van der Waals surface area (Å²) in [5.74, 6) is -1.53. The smallest absolute Gasteiger partial charge is 0.310 e. The highest BCUT2D eigenvalue weighted by atomic mass is 32.2. The third-order valence-electron chi connectivity index (χ3n) is 8.05. The van der Waals surface area contributed by atoms with Gasteiger partial charge >= 0.3 is 5.97 Å². The molecule has 1 N–H and O–H groups in total. The van der Waals surface area contributed by atoms with Gasteiger partial charge in [0.15, 0.2) is 0 Å². The van der Waals surface area contributed by atoms with Crippen LogP contribution in [0.4, 0.5) is 0 Å². The van der Waals surface area contributed by atoms with E-state index in [1.165, 1.54) is 0 Å². The monoisotopic (exact) mass is 520 g/mol. The van der Waals surface area contributed by atoms with Crippen LogP contribution in [0.25, 0.3) is 0 Å². The van der Waals surface area contributed by atoms with E-state index in [1.54, 1.807) is 33.7 Å². The highest BCUT2D eigenvalue weighted by Crippen LogP contribution is 2.69. The fraction of sp³-hybridized carbons (Fsp3) is 0.750. The molecule has 3 saturated heterocycles. The number of rotatable bonds is 14. The summed E-state index contributed by atoms with van der Waals surface area (Å²) in [5, 5.41) is 10.4. The molecule has 3 aliphatic rings. The Kier molecular flexibility index (Phi) is 9.72. The van der Waals surface area contributed by atoms with Crippen molar-refractivity contribution in [1.29, 1.82) is 0 Å². The van der Waals surface area contributed by atoms with Crippen molar-refractivity contribution in [1.82, 2.24) is 9.80 Å². The summed E-state index contributed by atoms with van der Waals surface area (Å²) >= 11 is 1.64. The highest BCUT2D eigenvalue weighted by molar-refractivity contribution is 8.02. The number of aliphatic hydroxyl groups excluding tert-OH is 1. The predicted molar refractivity (Wildman–Crippen MR) is 143 cm³/mol. The normalized spacial score (nSPS) is 31.4. The van der Waals surface area contributed by atoms with Gasteiger partial charge in [0.1, 0.15) is 6.04 Å². The second-order valence-corrected chi connectivity index (χ2v) is 12.5. The maximum absolute atomic E-state index is 14.3. The van der Waals surface area contributed by atoms with Crippen LogP contribution in [0.5, 0.6) is 0 Å². The second-order valence-electron chi connectivity index (χ2n) is 10.9. The number of nitrogens with zero attached hydrogens (tertiary/aromatic N) is 2. The van der Waals surface area contributed by atoms with Crippen LogP contribution in [0.1, 0.15) is 59.8 Å². The Morgan fingerprint density at radius 1 is 1.33 bits per heavy atom. The molecule has 3 aliphatic heterocycles. The molecule has 0 aromatic heterocycles. The van der Waals surface area contributed by atoms with E-state index in [2.05, 4.69) is 27.0 Å². The van der Waals surface area contributed by atoms with Crippen LogP contribution in [-0.4, -0.2) is 81.1 Å². The van der Waals surface area contributed by atoms with Gasteiger partial charge in [0, 0.05) is 18.3 Å². The largest absolute Gasteiger partial charge is 0.465 e. The van der Waals surface area contributed by atoms with Crippen LogP contribution < -0.4 is 0 Å². The number of esters is 1. The molecule has 2 bridgehead atoms. The van der Waals surface area contributed by atoms with Crippen molar-refractivity contribution in [3.63, 3.8) is 0 Å². The van der Waals surface area contributed by atoms with E-state index < -0.39 is 28.7 Å². The van der Waals surface area contributed by atoms with E-state index in [-0.39, 0.29) is 48.1 Å². The Hall–Kier alpha value is -1.80. The number of likely N-dealkylation sites (tertiary alicyclic amines) is 1. The van der Waals surface area contributed by atoms with Crippen LogP contribution in [0.2, 0.25) is 0 Å². The number of aliphatic hydroxyl groups is 1. The number of unbranched alkanes of at least 4 members (excludes halogenated alkanes) is 1. The van der Waals surface area contributed by atoms with Gasteiger partial charge in [0.05, 0.1) is 35.8 Å². The molecule has 0 saturated carbocycles. The minimum atomic E-state index is -0.723. The van der Waals surface area contributed by atoms with Crippen LogP contribution in [0, 0.1) is 23.7 Å². The number of amides is 2. The molecule has 202 valence electrons. The topological polar surface area (TPSA) is 87.2 Å². The zero-order valence-electron chi connectivity index (χ0n) is 22.4. The summed E-state index contributed by atoms with van der Waals surface area (Å²) in [7, 11) is 0. The van der Waals surface area contributed by atoms with Gasteiger partial charge in [0.25, 0.3) is 0 Å². The predicted octanol–water partition coefficient (Wildman–Crippen LogP) is 3.66. The Morgan fingerprint density at radius 3 is 2.64 bits per heavy atom.